The van der Waals surface area contributed by atoms with Gasteiger partial charge in [-0.1, -0.05) is 48.9 Å². The highest BCUT2D eigenvalue weighted by Gasteiger charge is 2.65. The number of rotatable bonds is 4. The van der Waals surface area contributed by atoms with Crippen molar-refractivity contribution >= 4 is 39.5 Å². The van der Waals surface area contributed by atoms with Gasteiger partial charge in [0, 0.05) is 30.1 Å². The maximum Gasteiger partial charge on any atom is 0.248 e. The largest absolute Gasteiger partial charge is 0.355 e. The lowest BCUT2D eigenvalue weighted by Gasteiger charge is -2.26. The molecule has 37 heavy (non-hydrogen) atoms. The normalized spacial score (nSPS) is 22.9. The van der Waals surface area contributed by atoms with Gasteiger partial charge in [0.25, 0.3) is 0 Å². The minimum Gasteiger partial charge on any atom is -0.355 e. The summed E-state index contributed by atoms with van der Waals surface area (Å²) in [6, 6.07) is 14.2. The molecule has 9 heteroatoms. The zero-order chi connectivity index (χ0) is 25.3. The molecule has 1 aliphatic carbocycles. The quantitative estimate of drug-likeness (QED) is 0.332. The van der Waals surface area contributed by atoms with Crippen LogP contribution in [0.5, 0.6) is 0 Å². The number of nitrogens with zero attached hydrogens (tertiary/aromatic N) is 4. The second-order valence-electron chi connectivity index (χ2n) is 10.0. The third-order valence-corrected chi connectivity index (χ3v) is 8.86. The molecule has 1 saturated carbocycles. The second kappa shape index (κ2) is 8.11. The van der Waals surface area contributed by atoms with Crippen molar-refractivity contribution in [3.8, 4) is 11.3 Å². The van der Waals surface area contributed by atoms with Crippen LogP contribution >= 0.6 is 11.6 Å². The number of pyridine rings is 1. The highest BCUT2D eigenvalue weighted by atomic mass is 35.5. The van der Waals surface area contributed by atoms with Crippen LogP contribution in [0.2, 0.25) is 5.02 Å². The zero-order valence-corrected chi connectivity index (χ0v) is 20.9. The van der Waals surface area contributed by atoms with Gasteiger partial charge in [-0.3, -0.25) is 9.89 Å². The first-order valence-corrected chi connectivity index (χ1v) is 12.9. The molecular weight excluding hydrogens is 491 g/mol. The van der Waals surface area contributed by atoms with Gasteiger partial charge >= 0.3 is 0 Å². The van der Waals surface area contributed by atoms with Crippen LogP contribution in [-0.4, -0.2) is 38.2 Å². The number of fused-ring (bicyclic) bond motifs is 3. The number of halogens is 2. The van der Waals surface area contributed by atoms with E-state index in [0.29, 0.717) is 44.8 Å². The molecule has 3 atom stereocenters. The van der Waals surface area contributed by atoms with Gasteiger partial charge in [-0.25, -0.2) is 14.4 Å². The van der Waals surface area contributed by atoms with Gasteiger partial charge in [-0.15, -0.1) is 0 Å². The van der Waals surface area contributed by atoms with Gasteiger partial charge in [0.05, 0.1) is 22.4 Å². The molecule has 186 valence electrons. The first-order chi connectivity index (χ1) is 18.0. The monoisotopic (exact) mass is 514 g/mol. The number of hydrogen-bond acceptors (Lipinski definition) is 5. The van der Waals surface area contributed by atoms with Crippen molar-refractivity contribution in [3.05, 3.63) is 81.5 Å². The predicted octanol–water partition coefficient (Wildman–Crippen LogP) is 5.46. The summed E-state index contributed by atoms with van der Waals surface area (Å²) < 4.78 is 14.7. The average Bonchev–Trinajstić information content (AvgIpc) is 3.38. The third-order valence-electron chi connectivity index (χ3n) is 8.47. The first kappa shape index (κ1) is 22.4. The molecule has 1 saturated heterocycles. The summed E-state index contributed by atoms with van der Waals surface area (Å²) in [6.45, 7) is 3.83. The summed E-state index contributed by atoms with van der Waals surface area (Å²) in [5.74, 6) is 1.53. The van der Waals surface area contributed by atoms with Crippen molar-refractivity contribution in [2.45, 2.75) is 25.2 Å². The van der Waals surface area contributed by atoms with Gasteiger partial charge in [0.2, 0.25) is 11.2 Å². The molecule has 0 spiro atoms. The molecule has 1 aliphatic heterocycles. The van der Waals surface area contributed by atoms with E-state index in [1.165, 1.54) is 6.07 Å². The predicted molar refractivity (Wildman–Crippen MR) is 142 cm³/mol. The molecule has 0 amide bonds. The number of anilines is 1. The standard InChI is InChI=1S/C28H24ClFN6O/c1-2-28(18-5-3-4-6-20(18)30)17-11-12-36(14-19(17)28)21-13-31-26-25(34-35-27(26)32-21)16-9-7-15-8-10-22(37)33-24(15)23(16)29/h3-10,13,17,19H,2,11-12,14H2,1H3,(H,33,37)(H,32,34,35)/t17-,19+,28-/m1/s1. The summed E-state index contributed by atoms with van der Waals surface area (Å²) >= 11 is 6.68. The number of nitrogens with one attached hydrogen (secondary N) is 2. The molecule has 2 N–H and O–H groups in total. The first-order valence-electron chi connectivity index (χ1n) is 12.5. The van der Waals surface area contributed by atoms with Crippen molar-refractivity contribution in [2.75, 3.05) is 18.0 Å². The SMILES string of the molecule is CC[C@]1(c2ccccc2F)[C@@H]2CCN(c3cnc4c(-c5ccc6ccc(=O)[nH]c6c5Cl)[nH]nc4n3)C[C@@H]21. The Hall–Kier alpha value is -3.78. The Bertz CT molecular complexity index is 1750. The Morgan fingerprint density at radius 3 is 2.84 bits per heavy atom. The summed E-state index contributed by atoms with van der Waals surface area (Å²) in [5, 5.41) is 8.72. The highest BCUT2D eigenvalue weighted by molar-refractivity contribution is 6.38. The molecule has 7 nitrogen and oxygen atoms in total. The van der Waals surface area contributed by atoms with E-state index in [2.05, 4.69) is 27.0 Å². The Balaban J connectivity index is 1.20. The number of aromatic nitrogens is 5. The third kappa shape index (κ3) is 3.25. The summed E-state index contributed by atoms with van der Waals surface area (Å²) in [6.07, 6.45) is 3.68. The molecule has 7 rings (SSSR count). The lowest BCUT2D eigenvalue weighted by Crippen LogP contribution is -2.32. The minimum absolute atomic E-state index is 0.105. The average molecular weight is 515 g/mol. The molecule has 0 unspecified atom stereocenters. The van der Waals surface area contributed by atoms with Gasteiger partial charge in [-0.05, 0) is 47.8 Å². The fourth-order valence-corrected chi connectivity index (χ4v) is 6.96. The Morgan fingerprint density at radius 1 is 1.16 bits per heavy atom. The molecule has 2 aliphatic rings. The van der Waals surface area contributed by atoms with Crippen molar-refractivity contribution in [1.29, 1.82) is 0 Å². The topological polar surface area (TPSA) is 90.6 Å². The van der Waals surface area contributed by atoms with Crippen molar-refractivity contribution < 1.29 is 4.39 Å². The van der Waals surface area contributed by atoms with Crippen molar-refractivity contribution in [1.82, 2.24) is 25.1 Å². The van der Waals surface area contributed by atoms with E-state index in [0.717, 1.165) is 42.7 Å². The molecular formula is C28H24ClFN6O. The van der Waals surface area contributed by atoms with Crippen LogP contribution in [0.4, 0.5) is 10.2 Å². The number of aromatic amines is 2. The van der Waals surface area contributed by atoms with Gasteiger partial charge < -0.3 is 9.88 Å². The zero-order valence-electron chi connectivity index (χ0n) is 20.1. The van der Waals surface area contributed by atoms with E-state index in [9.17, 15) is 9.18 Å². The van der Waals surface area contributed by atoms with Gasteiger partial charge in [0.1, 0.15) is 17.2 Å². The van der Waals surface area contributed by atoms with E-state index in [1.54, 1.807) is 24.4 Å². The Kier molecular flexibility index (Phi) is 4.92. The van der Waals surface area contributed by atoms with Crippen LogP contribution in [0.15, 0.2) is 59.5 Å². The Morgan fingerprint density at radius 2 is 2.00 bits per heavy atom. The van der Waals surface area contributed by atoms with Gasteiger partial charge in [-0.2, -0.15) is 5.10 Å². The van der Waals surface area contributed by atoms with Crippen molar-refractivity contribution in [2.24, 2.45) is 11.8 Å². The lowest BCUT2D eigenvalue weighted by molar-refractivity contribution is 0.516. The van der Waals surface area contributed by atoms with Crippen molar-refractivity contribution in [3.63, 3.8) is 0 Å². The van der Waals surface area contributed by atoms with Crippen LogP contribution in [-0.2, 0) is 5.41 Å². The second-order valence-corrected chi connectivity index (χ2v) is 10.4. The number of benzene rings is 2. The van der Waals surface area contributed by atoms with Crippen LogP contribution in [0.1, 0.15) is 25.3 Å². The van der Waals surface area contributed by atoms with Crippen LogP contribution in [0.25, 0.3) is 33.3 Å². The molecule has 5 aromatic rings. The molecule has 2 fully saturated rings. The fraction of sp³-hybridized carbons (Fsp3) is 0.286. The Labute approximate surface area is 216 Å². The van der Waals surface area contributed by atoms with E-state index >= 15 is 0 Å². The molecule has 0 radical (unpaired) electrons. The molecule has 2 aromatic carbocycles. The number of H-pyrrole nitrogens is 2. The molecule has 0 bridgehead atoms. The number of hydrogen-bond donors (Lipinski definition) is 2. The van der Waals surface area contributed by atoms with E-state index in [-0.39, 0.29) is 16.8 Å². The highest BCUT2D eigenvalue weighted by Crippen LogP contribution is 2.65. The fourth-order valence-electron chi connectivity index (χ4n) is 6.65. The van der Waals surface area contributed by atoms with Crippen LogP contribution in [0, 0.1) is 17.7 Å². The van der Waals surface area contributed by atoms with Crippen LogP contribution in [0.3, 0.4) is 0 Å². The lowest BCUT2D eigenvalue weighted by atomic mass is 9.88. The number of piperidine rings is 1. The molecule has 3 aromatic heterocycles. The summed E-state index contributed by atoms with van der Waals surface area (Å²) in [7, 11) is 0. The van der Waals surface area contributed by atoms with E-state index < -0.39 is 0 Å². The van der Waals surface area contributed by atoms with Crippen LogP contribution < -0.4 is 10.5 Å². The maximum atomic E-state index is 14.7. The summed E-state index contributed by atoms with van der Waals surface area (Å²) in [4.78, 5) is 26.4. The van der Waals surface area contributed by atoms with E-state index in [4.69, 9.17) is 21.6 Å². The molecule has 4 heterocycles. The summed E-state index contributed by atoms with van der Waals surface area (Å²) in [5.41, 5.74) is 3.55. The van der Waals surface area contributed by atoms with E-state index in [1.807, 2.05) is 24.3 Å². The minimum atomic E-state index is -0.216. The smallest absolute Gasteiger partial charge is 0.248 e. The maximum absolute atomic E-state index is 14.7. The van der Waals surface area contributed by atoms with Gasteiger partial charge in [0.15, 0.2) is 0 Å².